The van der Waals surface area contributed by atoms with Crippen LogP contribution in [0, 0.1) is 5.92 Å². The molecule has 80 valence electrons. The van der Waals surface area contributed by atoms with Crippen molar-refractivity contribution in [3.63, 3.8) is 0 Å². The van der Waals surface area contributed by atoms with Gasteiger partial charge in [0.1, 0.15) is 0 Å². The van der Waals surface area contributed by atoms with Crippen molar-refractivity contribution in [3.05, 3.63) is 0 Å². The number of hydrogen-bond acceptors (Lipinski definition) is 4. The van der Waals surface area contributed by atoms with Crippen molar-refractivity contribution >= 4 is 0 Å². The first-order valence-corrected chi connectivity index (χ1v) is 4.62. The molecule has 0 aliphatic heterocycles. The molecule has 0 aliphatic rings. The summed E-state index contributed by atoms with van der Waals surface area (Å²) >= 11 is 0. The van der Waals surface area contributed by atoms with Crippen LogP contribution in [-0.4, -0.2) is 45.3 Å². The maximum absolute atomic E-state index is 9.40. The molecule has 4 N–H and O–H groups in total. The second-order valence-electron chi connectivity index (χ2n) is 3.70. The fourth-order valence-corrected chi connectivity index (χ4v) is 1.12. The van der Waals surface area contributed by atoms with E-state index in [1.807, 2.05) is 0 Å². The van der Waals surface area contributed by atoms with Crippen LogP contribution in [0.1, 0.15) is 26.7 Å². The van der Waals surface area contributed by atoms with E-state index in [0.29, 0.717) is 0 Å². The molecule has 0 heterocycles. The molecule has 0 aromatic heterocycles. The van der Waals surface area contributed by atoms with Gasteiger partial charge in [0.25, 0.3) is 0 Å². The highest BCUT2D eigenvalue weighted by Crippen LogP contribution is 2.11. The summed E-state index contributed by atoms with van der Waals surface area (Å²) in [5.74, 6) is -0.233. The highest BCUT2D eigenvalue weighted by Gasteiger charge is 2.18. The average Bonchev–Trinajstić information content (AvgIpc) is 2.01. The van der Waals surface area contributed by atoms with Gasteiger partial charge in [-0.1, -0.05) is 6.92 Å². The van der Waals surface area contributed by atoms with E-state index in [9.17, 15) is 10.2 Å². The second kappa shape index (κ2) is 6.32. The van der Waals surface area contributed by atoms with Gasteiger partial charge in [0.05, 0.1) is 18.3 Å². The third-order valence-corrected chi connectivity index (χ3v) is 2.07. The Kier molecular flexibility index (Phi) is 6.24. The molecule has 0 spiro atoms. The van der Waals surface area contributed by atoms with Crippen molar-refractivity contribution in [1.82, 2.24) is 0 Å². The first-order chi connectivity index (χ1) is 5.97. The molecular weight excluding hydrogens is 172 g/mol. The minimum Gasteiger partial charge on any atom is -0.396 e. The van der Waals surface area contributed by atoms with Crippen LogP contribution in [0.15, 0.2) is 0 Å². The molecule has 0 saturated heterocycles. The lowest BCUT2D eigenvalue weighted by molar-refractivity contribution is 0.0123. The highest BCUT2D eigenvalue weighted by atomic mass is 16.3. The van der Waals surface area contributed by atoms with E-state index in [1.54, 1.807) is 13.8 Å². The van der Waals surface area contributed by atoms with Gasteiger partial charge in [0.15, 0.2) is 0 Å². The molecule has 0 amide bonds. The van der Waals surface area contributed by atoms with Gasteiger partial charge in [0, 0.05) is 12.5 Å². The van der Waals surface area contributed by atoms with Crippen molar-refractivity contribution in [2.24, 2.45) is 5.92 Å². The molecule has 4 unspecified atom stereocenters. The maximum atomic E-state index is 9.40. The van der Waals surface area contributed by atoms with Crippen LogP contribution in [-0.2, 0) is 0 Å². The van der Waals surface area contributed by atoms with Crippen molar-refractivity contribution < 1.29 is 20.4 Å². The van der Waals surface area contributed by atoms with Gasteiger partial charge < -0.3 is 20.4 Å². The summed E-state index contributed by atoms with van der Waals surface area (Å²) in [6.07, 6.45) is -1.52. The minimum absolute atomic E-state index is 0.0947. The van der Waals surface area contributed by atoms with Crippen molar-refractivity contribution in [1.29, 1.82) is 0 Å². The van der Waals surface area contributed by atoms with Gasteiger partial charge in [0.2, 0.25) is 0 Å². The summed E-state index contributed by atoms with van der Waals surface area (Å²) in [6.45, 7) is 3.20. The first-order valence-electron chi connectivity index (χ1n) is 4.62. The Labute approximate surface area is 78.8 Å². The molecule has 0 aromatic rings. The summed E-state index contributed by atoms with van der Waals surface area (Å²) in [5, 5.41) is 36.4. The number of hydrogen-bond donors (Lipinski definition) is 4. The molecule has 0 aromatic carbocycles. The normalized spacial score (nSPS) is 20.8. The molecule has 13 heavy (non-hydrogen) atoms. The Bertz CT molecular complexity index is 127. The smallest absolute Gasteiger partial charge is 0.0612 e. The van der Waals surface area contributed by atoms with E-state index in [-0.39, 0.29) is 25.4 Å². The molecule has 0 fully saturated rings. The van der Waals surface area contributed by atoms with Crippen LogP contribution >= 0.6 is 0 Å². The zero-order chi connectivity index (χ0) is 10.4. The highest BCUT2D eigenvalue weighted by molar-refractivity contribution is 4.69. The summed E-state index contributed by atoms with van der Waals surface area (Å²) in [5.41, 5.74) is 0. The van der Waals surface area contributed by atoms with E-state index in [1.165, 1.54) is 0 Å². The Morgan fingerprint density at radius 1 is 1.00 bits per heavy atom. The molecule has 0 saturated carbocycles. The molecule has 4 heteroatoms. The van der Waals surface area contributed by atoms with Gasteiger partial charge in [-0.25, -0.2) is 0 Å². The van der Waals surface area contributed by atoms with Crippen LogP contribution in [0.4, 0.5) is 0 Å². The quantitative estimate of drug-likeness (QED) is 0.457. The molecule has 0 rings (SSSR count). The van der Waals surface area contributed by atoms with E-state index >= 15 is 0 Å². The van der Waals surface area contributed by atoms with Gasteiger partial charge >= 0.3 is 0 Å². The zero-order valence-corrected chi connectivity index (χ0v) is 8.22. The third-order valence-electron chi connectivity index (χ3n) is 2.07. The van der Waals surface area contributed by atoms with Crippen LogP contribution in [0.5, 0.6) is 0 Å². The molecule has 0 radical (unpaired) electrons. The van der Waals surface area contributed by atoms with E-state index in [0.717, 1.165) is 0 Å². The topological polar surface area (TPSA) is 80.9 Å². The van der Waals surface area contributed by atoms with Gasteiger partial charge in [-0.05, 0) is 19.8 Å². The third kappa shape index (κ3) is 5.99. The Balaban J connectivity index is 3.70. The summed E-state index contributed by atoms with van der Waals surface area (Å²) in [7, 11) is 0. The lowest BCUT2D eigenvalue weighted by Gasteiger charge is -2.20. The minimum atomic E-state index is -0.709. The summed E-state index contributed by atoms with van der Waals surface area (Å²) in [6, 6.07) is 0. The Morgan fingerprint density at radius 2 is 1.54 bits per heavy atom. The molecular formula is C9H20O4. The summed E-state index contributed by atoms with van der Waals surface area (Å²) < 4.78 is 0. The average molecular weight is 192 g/mol. The number of aliphatic hydroxyl groups excluding tert-OH is 4. The lowest BCUT2D eigenvalue weighted by atomic mass is 9.98. The van der Waals surface area contributed by atoms with Gasteiger partial charge in [-0.15, -0.1) is 0 Å². The van der Waals surface area contributed by atoms with Crippen LogP contribution in [0.25, 0.3) is 0 Å². The van der Waals surface area contributed by atoms with Crippen LogP contribution in [0.3, 0.4) is 0 Å². The molecule has 4 atom stereocenters. The fraction of sp³-hybridized carbons (Fsp3) is 1.00. The molecule has 4 nitrogen and oxygen atoms in total. The SMILES string of the molecule is CC(O)CC(O)CC(O)C(C)CO. The zero-order valence-electron chi connectivity index (χ0n) is 8.22. The largest absolute Gasteiger partial charge is 0.396 e. The van der Waals surface area contributed by atoms with Gasteiger partial charge in [-0.2, -0.15) is 0 Å². The van der Waals surface area contributed by atoms with Crippen molar-refractivity contribution in [3.8, 4) is 0 Å². The fourth-order valence-electron chi connectivity index (χ4n) is 1.12. The van der Waals surface area contributed by atoms with Crippen LogP contribution in [0.2, 0.25) is 0 Å². The second-order valence-corrected chi connectivity index (χ2v) is 3.70. The maximum Gasteiger partial charge on any atom is 0.0612 e. The van der Waals surface area contributed by atoms with E-state index in [2.05, 4.69) is 0 Å². The summed E-state index contributed by atoms with van der Waals surface area (Å²) in [4.78, 5) is 0. The lowest BCUT2D eigenvalue weighted by Crippen LogP contribution is -2.27. The van der Waals surface area contributed by atoms with E-state index in [4.69, 9.17) is 10.2 Å². The Hall–Kier alpha value is -0.160. The van der Waals surface area contributed by atoms with E-state index < -0.39 is 18.3 Å². The molecule has 0 aliphatic carbocycles. The number of aliphatic hydroxyl groups is 4. The predicted molar refractivity (Wildman–Crippen MR) is 49.2 cm³/mol. The monoisotopic (exact) mass is 192 g/mol. The van der Waals surface area contributed by atoms with Gasteiger partial charge in [-0.3, -0.25) is 0 Å². The number of rotatable bonds is 6. The van der Waals surface area contributed by atoms with Crippen LogP contribution < -0.4 is 0 Å². The first kappa shape index (κ1) is 12.8. The van der Waals surface area contributed by atoms with Crippen molar-refractivity contribution in [2.45, 2.75) is 45.0 Å². The predicted octanol–water partition coefficient (Wildman–Crippen LogP) is -0.502. The standard InChI is InChI=1S/C9H20O4/c1-6(5-10)9(13)4-8(12)3-7(2)11/h6-13H,3-5H2,1-2H3. The molecule has 0 bridgehead atoms. The van der Waals surface area contributed by atoms with Crippen molar-refractivity contribution in [2.75, 3.05) is 6.61 Å². The Morgan fingerprint density at radius 3 is 1.92 bits per heavy atom.